The zero-order valence-electron chi connectivity index (χ0n) is 7.54. The molecule has 0 amide bonds. The highest BCUT2D eigenvalue weighted by Gasteiger charge is 2.14. The molecule has 0 aliphatic heterocycles. The predicted molar refractivity (Wildman–Crippen MR) is 51.7 cm³/mol. The Morgan fingerprint density at radius 1 is 1.33 bits per heavy atom. The molecule has 6 heteroatoms. The van der Waals surface area contributed by atoms with E-state index in [0.29, 0.717) is 16.5 Å². The van der Waals surface area contributed by atoms with Crippen molar-refractivity contribution in [3.63, 3.8) is 0 Å². The standard InChI is InChI=1S/C9H6BNO4/c11-5-6-1-2-8-7(3-6)4-9(14-8)15-10(12)13/h1-4,12-13H. The molecule has 0 fully saturated rings. The van der Waals surface area contributed by atoms with Crippen LogP contribution in [0.4, 0.5) is 0 Å². The minimum atomic E-state index is -1.92. The van der Waals surface area contributed by atoms with Crippen LogP contribution >= 0.6 is 0 Å². The maximum absolute atomic E-state index is 8.66. The molecule has 0 radical (unpaired) electrons. The van der Waals surface area contributed by atoms with Crippen LogP contribution in [0.25, 0.3) is 11.0 Å². The van der Waals surface area contributed by atoms with Crippen LogP contribution in [0.3, 0.4) is 0 Å². The minimum Gasteiger partial charge on any atom is -0.484 e. The fourth-order valence-corrected chi connectivity index (χ4v) is 1.25. The second-order valence-electron chi connectivity index (χ2n) is 2.87. The molecule has 0 saturated heterocycles. The Labute approximate surface area is 85.3 Å². The molecule has 0 spiro atoms. The number of furan rings is 1. The Morgan fingerprint density at radius 2 is 2.13 bits per heavy atom. The van der Waals surface area contributed by atoms with Crippen LogP contribution in [0.15, 0.2) is 28.7 Å². The fraction of sp³-hybridized carbons (Fsp3) is 0. The van der Waals surface area contributed by atoms with E-state index in [1.165, 1.54) is 6.07 Å². The van der Waals surface area contributed by atoms with Crippen LogP contribution in [-0.2, 0) is 0 Å². The first kappa shape index (κ1) is 9.58. The van der Waals surface area contributed by atoms with Gasteiger partial charge >= 0.3 is 7.32 Å². The molecule has 74 valence electrons. The number of fused-ring (bicyclic) bond motifs is 1. The van der Waals surface area contributed by atoms with Crippen molar-refractivity contribution in [3.05, 3.63) is 29.8 Å². The van der Waals surface area contributed by atoms with Crippen molar-refractivity contribution in [1.82, 2.24) is 0 Å². The average molecular weight is 203 g/mol. The van der Waals surface area contributed by atoms with Crippen molar-refractivity contribution >= 4 is 18.3 Å². The van der Waals surface area contributed by atoms with E-state index in [-0.39, 0.29) is 5.95 Å². The molecule has 0 aliphatic rings. The van der Waals surface area contributed by atoms with E-state index in [0.717, 1.165) is 0 Å². The number of hydrogen-bond acceptors (Lipinski definition) is 5. The third-order valence-electron chi connectivity index (χ3n) is 1.84. The highest BCUT2D eigenvalue weighted by molar-refractivity contribution is 6.33. The van der Waals surface area contributed by atoms with Gasteiger partial charge in [-0.1, -0.05) is 0 Å². The summed E-state index contributed by atoms with van der Waals surface area (Å²) in [6.45, 7) is 0. The summed E-state index contributed by atoms with van der Waals surface area (Å²) in [5.74, 6) is -0.00455. The Bertz CT molecular complexity index is 528. The highest BCUT2D eigenvalue weighted by atomic mass is 16.7. The van der Waals surface area contributed by atoms with Gasteiger partial charge in [0.15, 0.2) is 0 Å². The van der Waals surface area contributed by atoms with Crippen molar-refractivity contribution in [2.45, 2.75) is 0 Å². The van der Waals surface area contributed by atoms with Gasteiger partial charge in [0.1, 0.15) is 5.58 Å². The van der Waals surface area contributed by atoms with Crippen LogP contribution in [0, 0.1) is 11.3 Å². The molecule has 1 heterocycles. The zero-order valence-corrected chi connectivity index (χ0v) is 7.54. The van der Waals surface area contributed by atoms with E-state index in [1.54, 1.807) is 18.2 Å². The lowest BCUT2D eigenvalue weighted by molar-refractivity contribution is 0.257. The molecule has 0 aliphatic carbocycles. The summed E-state index contributed by atoms with van der Waals surface area (Å²) in [5.41, 5.74) is 1.02. The van der Waals surface area contributed by atoms with E-state index < -0.39 is 7.32 Å². The molecule has 2 rings (SSSR count). The normalized spacial score (nSPS) is 9.93. The third kappa shape index (κ3) is 1.93. The minimum absolute atomic E-state index is 0.00455. The van der Waals surface area contributed by atoms with Gasteiger partial charge in [0.25, 0.3) is 5.95 Å². The van der Waals surface area contributed by atoms with Crippen molar-refractivity contribution in [3.8, 4) is 12.0 Å². The highest BCUT2D eigenvalue weighted by Crippen LogP contribution is 2.25. The summed E-state index contributed by atoms with van der Waals surface area (Å²) < 4.78 is 9.66. The number of hydrogen-bond donors (Lipinski definition) is 2. The number of benzene rings is 1. The van der Waals surface area contributed by atoms with Crippen LogP contribution in [0.1, 0.15) is 5.56 Å². The summed E-state index contributed by atoms with van der Waals surface area (Å²) in [4.78, 5) is 0. The van der Waals surface area contributed by atoms with Gasteiger partial charge in [-0.3, -0.25) is 0 Å². The van der Waals surface area contributed by atoms with Crippen LogP contribution in [-0.4, -0.2) is 17.4 Å². The first-order valence-corrected chi connectivity index (χ1v) is 4.15. The second kappa shape index (κ2) is 3.65. The maximum Gasteiger partial charge on any atom is 0.709 e. The lowest BCUT2D eigenvalue weighted by Gasteiger charge is -1.96. The third-order valence-corrected chi connectivity index (χ3v) is 1.84. The van der Waals surface area contributed by atoms with Crippen LogP contribution in [0.2, 0.25) is 0 Å². The summed E-state index contributed by atoms with van der Waals surface area (Å²) in [7, 11) is -1.92. The van der Waals surface area contributed by atoms with E-state index in [1.807, 2.05) is 6.07 Å². The van der Waals surface area contributed by atoms with Gasteiger partial charge in [-0.25, -0.2) is 0 Å². The van der Waals surface area contributed by atoms with Crippen LogP contribution < -0.4 is 4.65 Å². The second-order valence-corrected chi connectivity index (χ2v) is 2.87. The van der Waals surface area contributed by atoms with Crippen molar-refractivity contribution in [1.29, 1.82) is 5.26 Å². The topological polar surface area (TPSA) is 86.6 Å². The lowest BCUT2D eigenvalue weighted by atomic mass is 10.2. The maximum atomic E-state index is 8.66. The first-order valence-electron chi connectivity index (χ1n) is 4.15. The van der Waals surface area contributed by atoms with Gasteiger partial charge in [0.05, 0.1) is 11.6 Å². The van der Waals surface area contributed by atoms with E-state index in [4.69, 9.17) is 19.7 Å². The van der Waals surface area contributed by atoms with Gasteiger partial charge in [0.2, 0.25) is 0 Å². The van der Waals surface area contributed by atoms with Gasteiger partial charge in [0, 0.05) is 11.5 Å². The molecule has 0 bridgehead atoms. The van der Waals surface area contributed by atoms with E-state index in [9.17, 15) is 0 Å². The lowest BCUT2D eigenvalue weighted by Crippen LogP contribution is -2.20. The van der Waals surface area contributed by atoms with Crippen LogP contribution in [0.5, 0.6) is 5.95 Å². The molecule has 0 saturated carbocycles. The van der Waals surface area contributed by atoms with Crippen molar-refractivity contribution in [2.24, 2.45) is 0 Å². The quantitative estimate of drug-likeness (QED) is 0.699. The zero-order chi connectivity index (χ0) is 10.8. The molecule has 1 aromatic carbocycles. The number of rotatable bonds is 2. The monoisotopic (exact) mass is 203 g/mol. The fourth-order valence-electron chi connectivity index (χ4n) is 1.25. The first-order chi connectivity index (χ1) is 7.19. The van der Waals surface area contributed by atoms with Gasteiger partial charge < -0.3 is 19.1 Å². The summed E-state index contributed by atoms with van der Waals surface area (Å²) in [5, 5.41) is 26.4. The van der Waals surface area contributed by atoms with Gasteiger partial charge in [-0.2, -0.15) is 5.26 Å². The number of nitrogens with zero attached hydrogens (tertiary/aromatic N) is 1. The Morgan fingerprint density at radius 3 is 2.80 bits per heavy atom. The molecule has 2 N–H and O–H groups in total. The van der Waals surface area contributed by atoms with Gasteiger partial charge in [-0.05, 0) is 18.2 Å². The average Bonchev–Trinajstić information content (AvgIpc) is 2.57. The Kier molecular flexibility index (Phi) is 2.33. The number of nitriles is 1. The van der Waals surface area contributed by atoms with Crippen molar-refractivity contribution in [2.75, 3.05) is 0 Å². The smallest absolute Gasteiger partial charge is 0.484 e. The molecule has 5 nitrogen and oxygen atoms in total. The molecule has 0 unspecified atom stereocenters. The Balaban J connectivity index is 2.43. The van der Waals surface area contributed by atoms with Gasteiger partial charge in [-0.15, -0.1) is 0 Å². The molecule has 15 heavy (non-hydrogen) atoms. The van der Waals surface area contributed by atoms with Crippen molar-refractivity contribution < 1.29 is 19.1 Å². The van der Waals surface area contributed by atoms with E-state index in [2.05, 4.69) is 4.65 Å². The van der Waals surface area contributed by atoms with E-state index >= 15 is 0 Å². The predicted octanol–water partition coefficient (Wildman–Crippen LogP) is 0.653. The Hall–Kier alpha value is -1.97. The summed E-state index contributed by atoms with van der Waals surface area (Å²) >= 11 is 0. The molecule has 1 aromatic heterocycles. The largest absolute Gasteiger partial charge is 0.709 e. The SMILES string of the molecule is N#Cc1ccc2oc(OB(O)O)cc2c1. The molecular weight excluding hydrogens is 197 g/mol. The molecular formula is C9H6BNO4. The summed E-state index contributed by atoms with van der Waals surface area (Å²) in [6.07, 6.45) is 0. The molecule has 2 aromatic rings. The molecule has 0 atom stereocenters. The summed E-state index contributed by atoms with van der Waals surface area (Å²) in [6, 6.07) is 8.31.